The summed E-state index contributed by atoms with van der Waals surface area (Å²) in [7, 11) is -1.09. The second-order valence-corrected chi connectivity index (χ2v) is 9.00. The van der Waals surface area contributed by atoms with Gasteiger partial charge in [-0.2, -0.15) is 5.10 Å². The SMILES string of the molecule is CS(=O)NCc1ccc(-c2n[nH]c3c2NC(c2c(F)cc4c(c2F)CNCC4)=NC3)cc1. The maximum absolute atomic E-state index is 15.2. The van der Waals surface area contributed by atoms with E-state index in [4.69, 9.17) is 0 Å². The fraction of sp³-hybridized carbons (Fsp3) is 0.273. The first kappa shape index (κ1) is 20.9. The Morgan fingerprint density at radius 2 is 2.03 bits per heavy atom. The predicted octanol–water partition coefficient (Wildman–Crippen LogP) is 2.76. The molecule has 5 rings (SSSR count). The van der Waals surface area contributed by atoms with E-state index in [2.05, 4.69) is 30.5 Å². The molecule has 1 unspecified atom stereocenters. The second kappa shape index (κ2) is 8.53. The Kier molecular flexibility index (Phi) is 5.58. The highest BCUT2D eigenvalue weighted by atomic mass is 32.2. The fourth-order valence-corrected chi connectivity index (χ4v) is 4.41. The monoisotopic (exact) mass is 456 g/mol. The summed E-state index contributed by atoms with van der Waals surface area (Å²) in [6.45, 7) is 1.81. The number of aromatic amines is 1. The van der Waals surface area contributed by atoms with Gasteiger partial charge in [-0.3, -0.25) is 10.1 Å². The molecule has 3 heterocycles. The van der Waals surface area contributed by atoms with Gasteiger partial charge < -0.3 is 10.6 Å². The summed E-state index contributed by atoms with van der Waals surface area (Å²) < 4.78 is 44.2. The summed E-state index contributed by atoms with van der Waals surface area (Å²) in [4.78, 5) is 4.37. The van der Waals surface area contributed by atoms with E-state index < -0.39 is 22.6 Å². The Morgan fingerprint density at radius 3 is 2.81 bits per heavy atom. The lowest BCUT2D eigenvalue weighted by Gasteiger charge is -2.22. The number of anilines is 1. The van der Waals surface area contributed by atoms with Crippen LogP contribution in [0.4, 0.5) is 14.5 Å². The number of rotatable bonds is 5. The standard InChI is InChI=1S/C22H22F2N6OS/c1-32(31)27-9-12-2-4-13(5-3-12)20-21-17(29-30-20)11-26-22(28-21)18-16(23)8-14-6-7-25-10-15(14)19(18)24/h2-5,8,25,27H,6-7,9-11H2,1H3,(H,26,28)(H,29,30). The molecule has 0 fully saturated rings. The lowest BCUT2D eigenvalue weighted by atomic mass is 9.96. The lowest BCUT2D eigenvalue weighted by Crippen LogP contribution is -2.28. The molecule has 0 aliphatic carbocycles. The van der Waals surface area contributed by atoms with Crippen molar-refractivity contribution in [2.24, 2.45) is 4.99 Å². The van der Waals surface area contributed by atoms with Gasteiger partial charge in [0.2, 0.25) is 0 Å². The average molecular weight is 457 g/mol. The number of hydrogen-bond donors (Lipinski definition) is 4. The van der Waals surface area contributed by atoms with Gasteiger partial charge in [0.25, 0.3) is 0 Å². The highest BCUT2D eigenvalue weighted by Crippen LogP contribution is 2.33. The number of halogens is 2. The molecule has 0 spiro atoms. The van der Waals surface area contributed by atoms with Crippen LogP contribution in [-0.2, 0) is 37.0 Å². The third-order valence-electron chi connectivity index (χ3n) is 5.71. The summed E-state index contributed by atoms with van der Waals surface area (Å²) in [5.74, 6) is -1.03. The average Bonchev–Trinajstić information content (AvgIpc) is 3.21. The zero-order valence-corrected chi connectivity index (χ0v) is 18.2. The van der Waals surface area contributed by atoms with E-state index in [0.29, 0.717) is 48.6 Å². The van der Waals surface area contributed by atoms with Crippen LogP contribution in [0, 0.1) is 11.6 Å². The van der Waals surface area contributed by atoms with Gasteiger partial charge >= 0.3 is 0 Å². The molecule has 7 nitrogen and oxygen atoms in total. The number of amidine groups is 1. The van der Waals surface area contributed by atoms with Crippen LogP contribution in [0.1, 0.15) is 27.9 Å². The number of hydrogen-bond acceptors (Lipinski definition) is 5. The van der Waals surface area contributed by atoms with Gasteiger partial charge in [-0.25, -0.2) is 17.7 Å². The number of nitrogens with zero attached hydrogens (tertiary/aromatic N) is 2. The van der Waals surface area contributed by atoms with Crippen molar-refractivity contribution in [3.8, 4) is 11.3 Å². The molecule has 0 saturated heterocycles. The molecular formula is C22H22F2N6OS. The van der Waals surface area contributed by atoms with E-state index in [9.17, 15) is 8.60 Å². The van der Waals surface area contributed by atoms with Crippen LogP contribution in [0.2, 0.25) is 0 Å². The Hall–Kier alpha value is -2.95. The van der Waals surface area contributed by atoms with Gasteiger partial charge in [0, 0.05) is 30.5 Å². The van der Waals surface area contributed by atoms with Crippen LogP contribution in [-0.4, -0.2) is 33.0 Å². The predicted molar refractivity (Wildman–Crippen MR) is 121 cm³/mol. The topological polar surface area (TPSA) is 94.2 Å². The Labute approximate surface area is 186 Å². The molecule has 166 valence electrons. The first-order chi connectivity index (χ1) is 15.5. The van der Waals surface area contributed by atoms with E-state index in [1.807, 2.05) is 24.3 Å². The number of aliphatic imine (C=N–C) groups is 1. The van der Waals surface area contributed by atoms with Crippen LogP contribution in [0.25, 0.3) is 11.3 Å². The largest absolute Gasteiger partial charge is 0.336 e. The third kappa shape index (κ3) is 3.85. The molecule has 3 aromatic rings. The van der Waals surface area contributed by atoms with Crippen molar-refractivity contribution in [1.82, 2.24) is 20.2 Å². The molecule has 2 aliphatic heterocycles. The molecule has 0 bridgehead atoms. The molecule has 10 heteroatoms. The summed E-state index contributed by atoms with van der Waals surface area (Å²) in [5, 5.41) is 13.6. The molecule has 0 saturated carbocycles. The lowest BCUT2D eigenvalue weighted by molar-refractivity contribution is 0.535. The number of nitrogens with one attached hydrogen (secondary N) is 4. The van der Waals surface area contributed by atoms with E-state index in [1.54, 1.807) is 6.26 Å². The number of benzene rings is 2. The van der Waals surface area contributed by atoms with Crippen molar-refractivity contribution < 1.29 is 13.0 Å². The Bertz CT molecular complexity index is 1240. The second-order valence-electron chi connectivity index (χ2n) is 7.80. The van der Waals surface area contributed by atoms with Gasteiger partial charge in [-0.1, -0.05) is 24.3 Å². The first-order valence-electron chi connectivity index (χ1n) is 10.3. The van der Waals surface area contributed by atoms with Crippen LogP contribution >= 0.6 is 0 Å². The summed E-state index contributed by atoms with van der Waals surface area (Å²) in [6, 6.07) is 9.07. The molecule has 1 atom stereocenters. The summed E-state index contributed by atoms with van der Waals surface area (Å²) in [5.41, 5.74) is 4.92. The molecule has 0 radical (unpaired) electrons. The highest BCUT2D eigenvalue weighted by Gasteiger charge is 2.27. The fourth-order valence-electron chi connectivity index (χ4n) is 4.04. The number of fused-ring (bicyclic) bond motifs is 2. The number of aromatic nitrogens is 2. The highest BCUT2D eigenvalue weighted by molar-refractivity contribution is 7.82. The smallest absolute Gasteiger partial charge is 0.141 e. The quantitative estimate of drug-likeness (QED) is 0.475. The molecule has 0 amide bonds. The molecule has 32 heavy (non-hydrogen) atoms. The van der Waals surface area contributed by atoms with Crippen molar-refractivity contribution >= 4 is 22.5 Å². The summed E-state index contributed by atoms with van der Waals surface area (Å²) in [6.07, 6.45) is 2.18. The van der Waals surface area contributed by atoms with Crippen molar-refractivity contribution in [3.63, 3.8) is 0 Å². The first-order valence-corrected chi connectivity index (χ1v) is 11.8. The minimum atomic E-state index is -1.09. The maximum Gasteiger partial charge on any atom is 0.141 e. The minimum Gasteiger partial charge on any atom is -0.336 e. The molecule has 1 aromatic heterocycles. The van der Waals surface area contributed by atoms with Crippen molar-refractivity contribution in [2.75, 3.05) is 18.1 Å². The third-order valence-corrected chi connectivity index (χ3v) is 6.26. The Morgan fingerprint density at radius 1 is 1.22 bits per heavy atom. The van der Waals surface area contributed by atoms with E-state index in [0.717, 1.165) is 16.8 Å². The molecular weight excluding hydrogens is 434 g/mol. The van der Waals surface area contributed by atoms with Gasteiger partial charge in [0.1, 0.15) is 23.2 Å². The number of H-pyrrole nitrogens is 1. The van der Waals surface area contributed by atoms with Gasteiger partial charge in [-0.15, -0.1) is 0 Å². The summed E-state index contributed by atoms with van der Waals surface area (Å²) >= 11 is 0. The molecule has 4 N–H and O–H groups in total. The van der Waals surface area contributed by atoms with Gasteiger partial charge in [0.05, 0.1) is 34.5 Å². The van der Waals surface area contributed by atoms with Crippen molar-refractivity contribution in [2.45, 2.75) is 26.1 Å². The van der Waals surface area contributed by atoms with Crippen LogP contribution in [0.3, 0.4) is 0 Å². The van der Waals surface area contributed by atoms with Gasteiger partial charge in [-0.05, 0) is 30.2 Å². The zero-order chi connectivity index (χ0) is 22.2. The van der Waals surface area contributed by atoms with Gasteiger partial charge in [0.15, 0.2) is 0 Å². The van der Waals surface area contributed by atoms with E-state index in [1.165, 1.54) is 6.07 Å². The zero-order valence-electron chi connectivity index (χ0n) is 17.4. The van der Waals surface area contributed by atoms with E-state index >= 15 is 4.39 Å². The van der Waals surface area contributed by atoms with Crippen LogP contribution in [0.15, 0.2) is 35.3 Å². The molecule has 2 aromatic carbocycles. The van der Waals surface area contributed by atoms with Crippen LogP contribution in [0.5, 0.6) is 0 Å². The normalized spacial score (nSPS) is 16.0. The Balaban J connectivity index is 1.44. The van der Waals surface area contributed by atoms with Crippen molar-refractivity contribution in [3.05, 3.63) is 69.9 Å². The molecule has 2 aliphatic rings. The van der Waals surface area contributed by atoms with Crippen molar-refractivity contribution in [1.29, 1.82) is 0 Å². The van der Waals surface area contributed by atoms with E-state index in [-0.39, 0.29) is 17.9 Å². The minimum absolute atomic E-state index is 0.140. The van der Waals surface area contributed by atoms with Crippen LogP contribution < -0.4 is 15.4 Å². The maximum atomic E-state index is 15.2.